The predicted molar refractivity (Wildman–Crippen MR) is 97.4 cm³/mol. The van der Waals surface area contributed by atoms with Crippen molar-refractivity contribution in [3.63, 3.8) is 0 Å². The van der Waals surface area contributed by atoms with E-state index >= 15 is 0 Å². The van der Waals surface area contributed by atoms with Crippen LogP contribution in [0.4, 0.5) is 10.1 Å². The van der Waals surface area contributed by atoms with Crippen LogP contribution in [-0.2, 0) is 9.59 Å². The zero-order valence-electron chi connectivity index (χ0n) is 14.5. The van der Waals surface area contributed by atoms with Crippen molar-refractivity contribution >= 4 is 23.3 Å². The molecule has 0 fully saturated rings. The zero-order valence-corrected chi connectivity index (χ0v) is 14.5. The molecule has 2 amide bonds. The Morgan fingerprint density at radius 2 is 1.65 bits per heavy atom. The lowest BCUT2D eigenvalue weighted by Crippen LogP contribution is -2.27. The maximum Gasteiger partial charge on any atom is 0.226 e. The molecule has 5 nitrogen and oxygen atoms in total. The second-order valence-corrected chi connectivity index (χ2v) is 5.95. The number of ketones is 1. The Morgan fingerprint density at radius 3 is 2.35 bits per heavy atom. The van der Waals surface area contributed by atoms with Gasteiger partial charge in [-0.15, -0.1) is 0 Å². The maximum atomic E-state index is 12.8. The number of hydrogen-bond acceptors (Lipinski definition) is 3. The van der Waals surface area contributed by atoms with Gasteiger partial charge in [-0.25, -0.2) is 4.39 Å². The quantitative estimate of drug-likeness (QED) is 0.713. The molecule has 2 rings (SSSR count). The third-order valence-corrected chi connectivity index (χ3v) is 3.72. The van der Waals surface area contributed by atoms with E-state index in [4.69, 9.17) is 0 Å². The Hall–Kier alpha value is -3.02. The van der Waals surface area contributed by atoms with Crippen LogP contribution in [0.1, 0.15) is 35.2 Å². The summed E-state index contributed by atoms with van der Waals surface area (Å²) in [5.74, 6) is -1.14. The van der Waals surface area contributed by atoms with E-state index in [-0.39, 0.29) is 43.4 Å². The fraction of sp³-hybridized carbons (Fsp3) is 0.250. The third kappa shape index (κ3) is 6.47. The van der Waals surface area contributed by atoms with E-state index in [2.05, 4.69) is 10.6 Å². The number of amides is 2. The highest BCUT2D eigenvalue weighted by molar-refractivity contribution is 5.98. The van der Waals surface area contributed by atoms with E-state index in [1.165, 1.54) is 24.3 Å². The lowest BCUT2D eigenvalue weighted by atomic mass is 10.1. The molecule has 0 aliphatic heterocycles. The first-order chi connectivity index (χ1) is 12.4. The average Bonchev–Trinajstić information content (AvgIpc) is 2.60. The van der Waals surface area contributed by atoms with Crippen molar-refractivity contribution in [2.45, 2.75) is 26.2 Å². The van der Waals surface area contributed by atoms with Crippen LogP contribution in [0.2, 0.25) is 0 Å². The summed E-state index contributed by atoms with van der Waals surface area (Å²) < 4.78 is 12.8. The summed E-state index contributed by atoms with van der Waals surface area (Å²) in [7, 11) is 0. The number of carbonyl (C=O) groups excluding carboxylic acids is 3. The minimum atomic E-state index is -0.414. The van der Waals surface area contributed by atoms with Crippen LogP contribution in [0.3, 0.4) is 0 Å². The van der Waals surface area contributed by atoms with Crippen molar-refractivity contribution in [1.29, 1.82) is 0 Å². The molecule has 0 saturated carbocycles. The summed E-state index contributed by atoms with van der Waals surface area (Å²) in [5.41, 5.74) is 2.13. The van der Waals surface area contributed by atoms with Gasteiger partial charge in [0.25, 0.3) is 0 Å². The molecule has 6 heteroatoms. The highest BCUT2D eigenvalue weighted by Crippen LogP contribution is 2.10. The Balaban J connectivity index is 1.66. The van der Waals surface area contributed by atoms with E-state index in [9.17, 15) is 18.8 Å². The summed E-state index contributed by atoms with van der Waals surface area (Å²) in [6, 6.07) is 12.6. The fourth-order valence-electron chi connectivity index (χ4n) is 2.36. The van der Waals surface area contributed by atoms with Crippen molar-refractivity contribution in [2.24, 2.45) is 0 Å². The zero-order chi connectivity index (χ0) is 18.9. The van der Waals surface area contributed by atoms with Crippen molar-refractivity contribution in [3.8, 4) is 0 Å². The lowest BCUT2D eigenvalue weighted by Gasteiger charge is -2.07. The molecule has 136 valence electrons. The molecule has 0 radical (unpaired) electrons. The first kappa shape index (κ1) is 19.3. The maximum absolute atomic E-state index is 12.8. The Labute approximate surface area is 151 Å². The topological polar surface area (TPSA) is 75.3 Å². The number of hydrogen-bond donors (Lipinski definition) is 2. The van der Waals surface area contributed by atoms with Gasteiger partial charge in [-0.05, 0) is 48.9 Å². The van der Waals surface area contributed by atoms with Gasteiger partial charge in [0, 0.05) is 37.1 Å². The summed E-state index contributed by atoms with van der Waals surface area (Å²) >= 11 is 0. The summed E-state index contributed by atoms with van der Waals surface area (Å²) in [5, 5.41) is 5.37. The fourth-order valence-corrected chi connectivity index (χ4v) is 2.36. The Kier molecular flexibility index (Phi) is 7.02. The Morgan fingerprint density at radius 1 is 0.923 bits per heavy atom. The van der Waals surface area contributed by atoms with Crippen LogP contribution in [0.15, 0.2) is 48.5 Å². The van der Waals surface area contributed by atoms with Gasteiger partial charge in [-0.1, -0.05) is 12.1 Å². The molecule has 0 unspecified atom stereocenters. The van der Waals surface area contributed by atoms with Gasteiger partial charge in [0.15, 0.2) is 5.78 Å². The van der Waals surface area contributed by atoms with E-state index in [1.54, 1.807) is 6.07 Å². The molecule has 0 saturated heterocycles. The summed E-state index contributed by atoms with van der Waals surface area (Å²) in [4.78, 5) is 35.5. The van der Waals surface area contributed by atoms with E-state index in [0.717, 1.165) is 5.56 Å². The number of anilines is 1. The van der Waals surface area contributed by atoms with Gasteiger partial charge < -0.3 is 10.6 Å². The minimum Gasteiger partial charge on any atom is -0.356 e. The number of halogens is 1. The van der Waals surface area contributed by atoms with Crippen LogP contribution in [0.5, 0.6) is 0 Å². The van der Waals surface area contributed by atoms with Crippen LogP contribution >= 0.6 is 0 Å². The van der Waals surface area contributed by atoms with E-state index in [0.29, 0.717) is 11.3 Å². The number of Topliss-reactive ketones (excluding diaryl/α,β-unsaturated/α-hetero) is 1. The molecular weight excluding hydrogens is 335 g/mol. The molecule has 0 aromatic heterocycles. The Bertz CT molecular complexity index is 788. The molecule has 2 aromatic carbocycles. The van der Waals surface area contributed by atoms with Gasteiger partial charge in [-0.3, -0.25) is 14.4 Å². The number of nitrogens with one attached hydrogen (secondary N) is 2. The van der Waals surface area contributed by atoms with E-state index in [1.807, 2.05) is 25.1 Å². The standard InChI is InChI=1S/C20H21FN2O3/c1-14-3-2-4-17(13-14)23-20(26)11-12-22-19(25)10-9-18(24)15-5-7-16(21)8-6-15/h2-8,13H,9-12H2,1H3,(H,22,25)(H,23,26). The highest BCUT2D eigenvalue weighted by Gasteiger charge is 2.10. The van der Waals surface area contributed by atoms with Gasteiger partial charge in [-0.2, -0.15) is 0 Å². The second kappa shape index (κ2) is 9.46. The van der Waals surface area contributed by atoms with Crippen molar-refractivity contribution in [2.75, 3.05) is 11.9 Å². The van der Waals surface area contributed by atoms with Gasteiger partial charge >= 0.3 is 0 Å². The molecule has 2 N–H and O–H groups in total. The predicted octanol–water partition coefficient (Wildman–Crippen LogP) is 3.24. The SMILES string of the molecule is Cc1cccc(NC(=O)CCNC(=O)CCC(=O)c2ccc(F)cc2)c1. The molecule has 0 bridgehead atoms. The molecule has 2 aromatic rings. The van der Waals surface area contributed by atoms with Crippen molar-refractivity contribution < 1.29 is 18.8 Å². The smallest absolute Gasteiger partial charge is 0.226 e. The van der Waals surface area contributed by atoms with Gasteiger partial charge in [0.05, 0.1) is 0 Å². The normalized spacial score (nSPS) is 10.2. The van der Waals surface area contributed by atoms with Crippen LogP contribution in [0.25, 0.3) is 0 Å². The monoisotopic (exact) mass is 356 g/mol. The first-order valence-corrected chi connectivity index (χ1v) is 8.36. The summed E-state index contributed by atoms with van der Waals surface area (Å²) in [6.07, 6.45) is 0.203. The molecule has 0 heterocycles. The van der Waals surface area contributed by atoms with Crippen LogP contribution in [-0.4, -0.2) is 24.1 Å². The minimum absolute atomic E-state index is 0.0235. The number of aryl methyl sites for hydroxylation is 1. The molecular formula is C20H21FN2O3. The lowest BCUT2D eigenvalue weighted by molar-refractivity contribution is -0.121. The number of benzene rings is 2. The molecule has 0 aliphatic rings. The van der Waals surface area contributed by atoms with E-state index < -0.39 is 5.82 Å². The average molecular weight is 356 g/mol. The molecule has 0 atom stereocenters. The first-order valence-electron chi connectivity index (χ1n) is 8.36. The van der Waals surface area contributed by atoms with Crippen LogP contribution < -0.4 is 10.6 Å². The summed E-state index contributed by atoms with van der Waals surface area (Å²) in [6.45, 7) is 2.13. The third-order valence-electron chi connectivity index (χ3n) is 3.72. The largest absolute Gasteiger partial charge is 0.356 e. The molecule has 0 spiro atoms. The van der Waals surface area contributed by atoms with Gasteiger partial charge in [0.2, 0.25) is 11.8 Å². The van der Waals surface area contributed by atoms with Gasteiger partial charge in [0.1, 0.15) is 5.82 Å². The highest BCUT2D eigenvalue weighted by atomic mass is 19.1. The van der Waals surface area contributed by atoms with Crippen LogP contribution in [0, 0.1) is 12.7 Å². The molecule has 26 heavy (non-hydrogen) atoms. The van der Waals surface area contributed by atoms with Crippen molar-refractivity contribution in [1.82, 2.24) is 5.32 Å². The number of rotatable bonds is 8. The second-order valence-electron chi connectivity index (χ2n) is 5.95. The molecule has 0 aliphatic carbocycles. The van der Waals surface area contributed by atoms with Crippen molar-refractivity contribution in [3.05, 3.63) is 65.5 Å². The number of carbonyl (C=O) groups is 3.